The predicted molar refractivity (Wildman–Crippen MR) is 89.8 cm³/mol. The zero-order valence-electron chi connectivity index (χ0n) is 14.1. The summed E-state index contributed by atoms with van der Waals surface area (Å²) in [5, 5.41) is 7.26. The second-order valence-electron chi connectivity index (χ2n) is 5.94. The molecule has 24 heavy (non-hydrogen) atoms. The molecule has 0 aromatic carbocycles. The molecule has 0 bridgehead atoms. The fraction of sp³-hybridized carbons (Fsp3) is 0.471. The van der Waals surface area contributed by atoms with E-state index in [1.165, 1.54) is 0 Å². The van der Waals surface area contributed by atoms with Gasteiger partial charge in [0.25, 0.3) is 5.91 Å². The summed E-state index contributed by atoms with van der Waals surface area (Å²) in [6.07, 6.45) is 4.45. The van der Waals surface area contributed by atoms with Crippen molar-refractivity contribution in [3.05, 3.63) is 41.9 Å². The van der Waals surface area contributed by atoms with Gasteiger partial charge >= 0.3 is 0 Å². The summed E-state index contributed by atoms with van der Waals surface area (Å²) < 4.78 is 6.79. The van der Waals surface area contributed by atoms with Gasteiger partial charge in [-0.3, -0.25) is 14.4 Å². The second kappa shape index (κ2) is 7.44. The summed E-state index contributed by atoms with van der Waals surface area (Å²) in [6.45, 7) is 5.30. The van der Waals surface area contributed by atoms with Crippen molar-refractivity contribution in [3.63, 3.8) is 0 Å². The SMILES string of the molecule is CCn1nccc1C(=O)N[C@@H]1CCN(Cc2ccc(OC)nc2)C1. The number of hydrogen-bond donors (Lipinski definition) is 1. The van der Waals surface area contributed by atoms with Crippen LogP contribution >= 0.6 is 0 Å². The first-order chi connectivity index (χ1) is 11.7. The van der Waals surface area contributed by atoms with Gasteiger partial charge in [-0.05, 0) is 25.0 Å². The number of methoxy groups -OCH3 is 1. The lowest BCUT2D eigenvalue weighted by Gasteiger charge is -2.17. The highest BCUT2D eigenvalue weighted by atomic mass is 16.5. The summed E-state index contributed by atoms with van der Waals surface area (Å²) in [7, 11) is 1.61. The highest BCUT2D eigenvalue weighted by Gasteiger charge is 2.25. The van der Waals surface area contributed by atoms with Crippen molar-refractivity contribution in [3.8, 4) is 5.88 Å². The molecule has 1 atom stereocenters. The van der Waals surface area contributed by atoms with Crippen molar-refractivity contribution in [1.82, 2.24) is 25.0 Å². The van der Waals surface area contributed by atoms with E-state index in [1.54, 1.807) is 24.1 Å². The van der Waals surface area contributed by atoms with Gasteiger partial charge in [0.2, 0.25) is 5.88 Å². The zero-order chi connectivity index (χ0) is 16.9. The van der Waals surface area contributed by atoms with Crippen LogP contribution in [0.4, 0.5) is 0 Å². The zero-order valence-corrected chi connectivity index (χ0v) is 14.1. The molecule has 7 heteroatoms. The number of ether oxygens (including phenoxy) is 1. The number of carbonyl (C=O) groups is 1. The van der Waals surface area contributed by atoms with Crippen LogP contribution < -0.4 is 10.1 Å². The van der Waals surface area contributed by atoms with Crippen molar-refractivity contribution in [2.24, 2.45) is 0 Å². The molecule has 0 saturated carbocycles. The minimum Gasteiger partial charge on any atom is -0.481 e. The smallest absolute Gasteiger partial charge is 0.269 e. The van der Waals surface area contributed by atoms with E-state index < -0.39 is 0 Å². The van der Waals surface area contributed by atoms with E-state index in [0.717, 1.165) is 31.6 Å². The van der Waals surface area contributed by atoms with Crippen LogP contribution in [-0.2, 0) is 13.1 Å². The van der Waals surface area contributed by atoms with Crippen LogP contribution in [0.2, 0.25) is 0 Å². The molecule has 0 unspecified atom stereocenters. The first-order valence-electron chi connectivity index (χ1n) is 8.23. The Balaban J connectivity index is 1.52. The van der Waals surface area contributed by atoms with Crippen molar-refractivity contribution in [1.29, 1.82) is 0 Å². The van der Waals surface area contributed by atoms with Crippen LogP contribution in [0, 0.1) is 0 Å². The van der Waals surface area contributed by atoms with Gasteiger partial charge < -0.3 is 10.1 Å². The standard InChI is InChI=1S/C17H23N5O2/c1-3-22-15(6-8-19-22)17(23)20-14-7-9-21(12-14)11-13-4-5-16(24-2)18-10-13/h4-6,8,10,14H,3,7,9,11-12H2,1-2H3,(H,20,23)/t14-/m1/s1. The van der Waals surface area contributed by atoms with E-state index >= 15 is 0 Å². The Labute approximate surface area is 141 Å². The lowest BCUT2D eigenvalue weighted by atomic mass is 10.2. The number of amides is 1. The van der Waals surface area contributed by atoms with Crippen LogP contribution in [0.25, 0.3) is 0 Å². The van der Waals surface area contributed by atoms with Crippen molar-refractivity contribution in [2.45, 2.75) is 32.5 Å². The minimum absolute atomic E-state index is 0.0488. The lowest BCUT2D eigenvalue weighted by Crippen LogP contribution is -2.38. The Morgan fingerprint density at radius 2 is 2.29 bits per heavy atom. The number of nitrogens with one attached hydrogen (secondary N) is 1. The molecule has 3 rings (SSSR count). The number of hydrogen-bond acceptors (Lipinski definition) is 5. The molecular formula is C17H23N5O2. The number of aryl methyl sites for hydroxylation is 1. The highest BCUT2D eigenvalue weighted by molar-refractivity contribution is 5.92. The molecule has 7 nitrogen and oxygen atoms in total. The highest BCUT2D eigenvalue weighted by Crippen LogP contribution is 2.15. The number of rotatable bonds is 6. The van der Waals surface area contributed by atoms with Gasteiger partial charge in [0.1, 0.15) is 5.69 Å². The van der Waals surface area contributed by atoms with Gasteiger partial charge in [-0.25, -0.2) is 4.98 Å². The normalized spacial score (nSPS) is 17.8. The molecule has 1 saturated heterocycles. The van der Waals surface area contributed by atoms with Crippen molar-refractivity contribution >= 4 is 5.91 Å². The van der Waals surface area contributed by atoms with Crippen molar-refractivity contribution in [2.75, 3.05) is 20.2 Å². The average molecular weight is 329 g/mol. The first kappa shape index (κ1) is 16.4. The van der Waals surface area contributed by atoms with Crippen LogP contribution in [0.5, 0.6) is 5.88 Å². The van der Waals surface area contributed by atoms with E-state index in [4.69, 9.17) is 4.74 Å². The molecule has 128 valence electrons. The van der Waals surface area contributed by atoms with Gasteiger partial charge in [-0.1, -0.05) is 6.07 Å². The topological polar surface area (TPSA) is 72.3 Å². The summed E-state index contributed by atoms with van der Waals surface area (Å²) >= 11 is 0. The van der Waals surface area contributed by atoms with Gasteiger partial charge in [0, 0.05) is 50.7 Å². The first-order valence-corrected chi connectivity index (χ1v) is 8.23. The van der Waals surface area contributed by atoms with E-state index in [0.29, 0.717) is 18.1 Å². The molecule has 0 radical (unpaired) electrons. The number of aromatic nitrogens is 3. The summed E-state index contributed by atoms with van der Waals surface area (Å²) in [6, 6.07) is 5.83. The number of nitrogens with zero attached hydrogens (tertiary/aromatic N) is 4. The molecule has 1 aliphatic rings. The Hall–Kier alpha value is -2.41. The Morgan fingerprint density at radius 1 is 1.42 bits per heavy atom. The molecule has 1 amide bonds. The quantitative estimate of drug-likeness (QED) is 0.865. The fourth-order valence-electron chi connectivity index (χ4n) is 3.01. The average Bonchev–Trinajstić information content (AvgIpc) is 3.24. The number of likely N-dealkylation sites (tertiary alicyclic amines) is 1. The Morgan fingerprint density at radius 3 is 3.00 bits per heavy atom. The molecule has 2 aromatic heterocycles. The third-order valence-electron chi connectivity index (χ3n) is 4.27. The summed E-state index contributed by atoms with van der Waals surface area (Å²) in [5.74, 6) is 0.574. The number of pyridine rings is 1. The van der Waals surface area contributed by atoms with E-state index in [9.17, 15) is 4.79 Å². The lowest BCUT2D eigenvalue weighted by molar-refractivity contribution is 0.0927. The fourth-order valence-corrected chi connectivity index (χ4v) is 3.01. The van der Waals surface area contributed by atoms with Gasteiger partial charge in [0.15, 0.2) is 0 Å². The minimum atomic E-state index is -0.0488. The molecule has 1 aliphatic heterocycles. The van der Waals surface area contributed by atoms with Gasteiger partial charge in [-0.15, -0.1) is 0 Å². The summed E-state index contributed by atoms with van der Waals surface area (Å²) in [5.41, 5.74) is 1.77. The van der Waals surface area contributed by atoms with Crippen molar-refractivity contribution < 1.29 is 9.53 Å². The maximum absolute atomic E-state index is 12.4. The third kappa shape index (κ3) is 3.73. The maximum atomic E-state index is 12.4. The Kier molecular flexibility index (Phi) is 5.10. The molecular weight excluding hydrogens is 306 g/mol. The van der Waals surface area contributed by atoms with Gasteiger partial charge in [0.05, 0.1) is 7.11 Å². The number of carbonyl (C=O) groups excluding carboxylic acids is 1. The summed E-state index contributed by atoms with van der Waals surface area (Å²) in [4.78, 5) is 18.9. The van der Waals surface area contributed by atoms with E-state index in [1.807, 2.05) is 25.3 Å². The van der Waals surface area contributed by atoms with Crippen LogP contribution in [0.1, 0.15) is 29.4 Å². The largest absolute Gasteiger partial charge is 0.481 e. The molecule has 1 fully saturated rings. The van der Waals surface area contributed by atoms with Gasteiger partial charge in [-0.2, -0.15) is 5.10 Å². The molecule has 2 aromatic rings. The monoisotopic (exact) mass is 329 g/mol. The van der Waals surface area contributed by atoms with Crippen LogP contribution in [-0.4, -0.2) is 51.8 Å². The molecule has 0 aliphatic carbocycles. The molecule has 3 heterocycles. The third-order valence-corrected chi connectivity index (χ3v) is 4.27. The van der Waals surface area contributed by atoms with Crippen LogP contribution in [0.3, 0.4) is 0 Å². The molecule has 1 N–H and O–H groups in total. The van der Waals surface area contributed by atoms with E-state index in [2.05, 4.69) is 20.3 Å². The predicted octanol–water partition coefficient (Wildman–Crippen LogP) is 1.31. The Bertz CT molecular complexity index is 683. The maximum Gasteiger partial charge on any atom is 0.269 e. The molecule has 0 spiro atoms. The van der Waals surface area contributed by atoms with E-state index in [-0.39, 0.29) is 11.9 Å². The second-order valence-corrected chi connectivity index (χ2v) is 5.94. The van der Waals surface area contributed by atoms with Crippen LogP contribution in [0.15, 0.2) is 30.6 Å².